The van der Waals surface area contributed by atoms with Gasteiger partial charge in [0.25, 0.3) is 0 Å². The summed E-state index contributed by atoms with van der Waals surface area (Å²) in [7, 11) is 0. The van der Waals surface area contributed by atoms with Gasteiger partial charge in [-0.25, -0.2) is 0 Å². The molecular weight excluding hydrogens is 182 g/mol. The van der Waals surface area contributed by atoms with Gasteiger partial charge < -0.3 is 5.32 Å². The third kappa shape index (κ3) is 1.56. The molecule has 1 nitrogen and oxygen atoms in total. The van der Waals surface area contributed by atoms with Crippen LogP contribution in [0.4, 0.5) is 5.69 Å². The van der Waals surface area contributed by atoms with Crippen LogP contribution in [0, 0.1) is 18.8 Å². The molecule has 1 aromatic rings. The molecule has 1 N–H and O–H groups in total. The lowest BCUT2D eigenvalue weighted by atomic mass is 9.87. The number of fused-ring (bicyclic) bond motifs is 1. The summed E-state index contributed by atoms with van der Waals surface area (Å²) in [5.74, 6) is 1.58. The Bertz CT molecular complexity index is 415. The van der Waals surface area contributed by atoms with E-state index in [1.54, 1.807) is 0 Å². The summed E-state index contributed by atoms with van der Waals surface area (Å²) in [6, 6.07) is 6.65. The highest BCUT2D eigenvalue weighted by molar-refractivity contribution is 5.59. The average Bonchev–Trinajstić information content (AvgIpc) is 3.01. The van der Waals surface area contributed by atoms with Crippen molar-refractivity contribution in [2.24, 2.45) is 11.8 Å². The molecule has 1 atom stereocenters. The van der Waals surface area contributed by atoms with Crippen molar-refractivity contribution in [1.82, 2.24) is 0 Å². The van der Waals surface area contributed by atoms with Gasteiger partial charge in [0.2, 0.25) is 0 Å². The number of hydrogen-bond donors (Lipinski definition) is 1. The fourth-order valence-electron chi connectivity index (χ4n) is 2.59. The number of nitrogens with one attached hydrogen (secondary N) is 1. The molecule has 1 aliphatic heterocycles. The molecule has 1 heteroatoms. The molecular formula is C14H17N. The van der Waals surface area contributed by atoms with E-state index in [9.17, 15) is 0 Å². The number of anilines is 1. The molecule has 78 valence electrons. The molecule has 3 rings (SSSR count). The van der Waals surface area contributed by atoms with E-state index in [1.165, 1.54) is 41.8 Å². The van der Waals surface area contributed by atoms with Crippen LogP contribution in [0.5, 0.6) is 0 Å². The normalized spacial score (nSPS) is 24.6. The maximum atomic E-state index is 4.17. The molecule has 15 heavy (non-hydrogen) atoms. The van der Waals surface area contributed by atoms with E-state index in [4.69, 9.17) is 0 Å². The predicted octanol–water partition coefficient (Wildman–Crippen LogP) is 3.50. The summed E-state index contributed by atoms with van der Waals surface area (Å²) in [6.45, 7) is 6.33. The summed E-state index contributed by atoms with van der Waals surface area (Å²) < 4.78 is 0. The molecule has 0 radical (unpaired) electrons. The highest BCUT2D eigenvalue weighted by Gasteiger charge is 2.35. The Morgan fingerprint density at radius 3 is 2.87 bits per heavy atom. The van der Waals surface area contributed by atoms with E-state index in [2.05, 4.69) is 37.0 Å². The number of hydrogen-bond acceptors (Lipinski definition) is 1. The minimum absolute atomic E-state index is 0.680. The Morgan fingerprint density at radius 2 is 2.13 bits per heavy atom. The Labute approximate surface area is 91.2 Å². The fourth-order valence-corrected chi connectivity index (χ4v) is 2.59. The van der Waals surface area contributed by atoms with E-state index in [0.717, 1.165) is 5.92 Å². The van der Waals surface area contributed by atoms with E-state index >= 15 is 0 Å². The van der Waals surface area contributed by atoms with Crippen LogP contribution in [0.1, 0.15) is 24.0 Å². The molecule has 0 saturated heterocycles. The summed E-state index contributed by atoms with van der Waals surface area (Å²) in [5.41, 5.74) is 5.33. The van der Waals surface area contributed by atoms with Gasteiger partial charge in [0, 0.05) is 17.3 Å². The first-order chi connectivity index (χ1) is 7.24. The Balaban J connectivity index is 1.95. The maximum Gasteiger partial charge on any atom is 0.0414 e. The van der Waals surface area contributed by atoms with Crippen LogP contribution in [-0.2, 0) is 6.42 Å². The molecule has 1 fully saturated rings. The van der Waals surface area contributed by atoms with Crippen LogP contribution in [-0.4, -0.2) is 0 Å². The van der Waals surface area contributed by atoms with Gasteiger partial charge in [0.05, 0.1) is 0 Å². The van der Waals surface area contributed by atoms with E-state index in [0.29, 0.717) is 5.92 Å². The SMILES string of the molecule is C=C1Nc2ccc(C)cc2CC1C1CC1. The number of rotatable bonds is 1. The first-order valence-corrected chi connectivity index (χ1v) is 5.79. The van der Waals surface area contributed by atoms with Crippen molar-refractivity contribution in [2.75, 3.05) is 5.32 Å². The lowest BCUT2D eigenvalue weighted by Gasteiger charge is -2.28. The topological polar surface area (TPSA) is 12.0 Å². The van der Waals surface area contributed by atoms with Gasteiger partial charge in [0.1, 0.15) is 0 Å². The number of aryl methyl sites for hydroxylation is 1. The lowest BCUT2D eigenvalue weighted by Crippen LogP contribution is -2.21. The summed E-state index contributed by atoms with van der Waals surface area (Å²) in [5, 5.41) is 3.46. The van der Waals surface area contributed by atoms with Gasteiger partial charge >= 0.3 is 0 Å². The number of allylic oxidation sites excluding steroid dienone is 1. The van der Waals surface area contributed by atoms with Crippen molar-refractivity contribution in [3.63, 3.8) is 0 Å². The highest BCUT2D eigenvalue weighted by Crippen LogP contribution is 2.44. The maximum absolute atomic E-state index is 4.17. The van der Waals surface area contributed by atoms with Crippen LogP contribution in [0.3, 0.4) is 0 Å². The van der Waals surface area contributed by atoms with Crippen LogP contribution in [0.2, 0.25) is 0 Å². The summed E-state index contributed by atoms with van der Waals surface area (Å²) in [4.78, 5) is 0. The van der Waals surface area contributed by atoms with Crippen LogP contribution in [0.25, 0.3) is 0 Å². The molecule has 0 spiro atoms. The third-order valence-electron chi connectivity index (χ3n) is 3.63. The first-order valence-electron chi connectivity index (χ1n) is 5.79. The zero-order chi connectivity index (χ0) is 10.4. The summed E-state index contributed by atoms with van der Waals surface area (Å²) >= 11 is 0. The smallest absolute Gasteiger partial charge is 0.0414 e. The van der Waals surface area contributed by atoms with Crippen molar-refractivity contribution in [3.8, 4) is 0 Å². The third-order valence-corrected chi connectivity index (χ3v) is 3.63. The zero-order valence-electron chi connectivity index (χ0n) is 9.22. The standard InChI is InChI=1S/C14H17N/c1-9-3-6-14-12(7-9)8-13(10(2)15-14)11-4-5-11/h3,6-7,11,13,15H,2,4-5,8H2,1H3. The van der Waals surface area contributed by atoms with Crippen LogP contribution in [0.15, 0.2) is 30.5 Å². The summed E-state index contributed by atoms with van der Waals surface area (Å²) in [6.07, 6.45) is 3.98. The largest absolute Gasteiger partial charge is 0.359 e. The lowest BCUT2D eigenvalue weighted by molar-refractivity contribution is 0.529. The Hall–Kier alpha value is -1.24. The molecule has 1 heterocycles. The minimum Gasteiger partial charge on any atom is -0.359 e. The van der Waals surface area contributed by atoms with Crippen molar-refractivity contribution < 1.29 is 0 Å². The van der Waals surface area contributed by atoms with Crippen molar-refractivity contribution in [3.05, 3.63) is 41.6 Å². The minimum atomic E-state index is 0.680. The highest BCUT2D eigenvalue weighted by atomic mass is 14.9. The second kappa shape index (κ2) is 3.13. The van der Waals surface area contributed by atoms with Crippen LogP contribution >= 0.6 is 0 Å². The molecule has 0 amide bonds. The van der Waals surface area contributed by atoms with Gasteiger partial charge in [-0.05, 0) is 43.7 Å². The first kappa shape index (κ1) is 9.02. The second-order valence-electron chi connectivity index (χ2n) is 4.96. The fraction of sp³-hybridized carbons (Fsp3) is 0.429. The molecule has 1 aliphatic carbocycles. The van der Waals surface area contributed by atoms with Gasteiger partial charge in [0.15, 0.2) is 0 Å². The average molecular weight is 199 g/mol. The zero-order valence-corrected chi connectivity index (χ0v) is 9.22. The molecule has 0 aromatic heterocycles. The monoisotopic (exact) mass is 199 g/mol. The van der Waals surface area contributed by atoms with Gasteiger partial charge in [-0.2, -0.15) is 0 Å². The molecule has 1 saturated carbocycles. The number of benzene rings is 1. The Morgan fingerprint density at radius 1 is 1.33 bits per heavy atom. The molecule has 2 aliphatic rings. The van der Waals surface area contributed by atoms with Crippen LogP contribution < -0.4 is 5.32 Å². The molecule has 1 aromatic carbocycles. The van der Waals surface area contributed by atoms with E-state index in [-0.39, 0.29) is 0 Å². The van der Waals surface area contributed by atoms with Gasteiger partial charge in [-0.3, -0.25) is 0 Å². The molecule has 1 unspecified atom stereocenters. The van der Waals surface area contributed by atoms with Crippen molar-refractivity contribution in [2.45, 2.75) is 26.2 Å². The Kier molecular flexibility index (Phi) is 1.88. The van der Waals surface area contributed by atoms with Crippen molar-refractivity contribution >= 4 is 5.69 Å². The van der Waals surface area contributed by atoms with Gasteiger partial charge in [-0.1, -0.05) is 24.3 Å². The molecule has 0 bridgehead atoms. The van der Waals surface area contributed by atoms with E-state index < -0.39 is 0 Å². The quantitative estimate of drug-likeness (QED) is 0.730. The van der Waals surface area contributed by atoms with E-state index in [1.807, 2.05) is 0 Å². The van der Waals surface area contributed by atoms with Crippen molar-refractivity contribution in [1.29, 1.82) is 0 Å². The second-order valence-corrected chi connectivity index (χ2v) is 4.96. The van der Waals surface area contributed by atoms with Gasteiger partial charge in [-0.15, -0.1) is 0 Å². The predicted molar refractivity (Wildman–Crippen MR) is 63.9 cm³/mol.